The van der Waals surface area contributed by atoms with E-state index in [1.54, 1.807) is 6.21 Å². The average molecular weight is 85.1 g/mol. The average Bonchev–Trinajstić information content (AvgIpc) is 1.86. The Labute approximate surface area is 36.2 Å². The number of hydroxylamine groups is 1. The van der Waals surface area contributed by atoms with Gasteiger partial charge in [-0.2, -0.15) is 10.3 Å². The lowest BCUT2D eigenvalue weighted by molar-refractivity contribution is -0.0851. The van der Waals surface area contributed by atoms with Gasteiger partial charge in [0.05, 0.1) is 13.3 Å². The van der Waals surface area contributed by atoms with Gasteiger partial charge in [0.1, 0.15) is 6.61 Å². The summed E-state index contributed by atoms with van der Waals surface area (Å²) in [5, 5.41) is 4.79. The highest BCUT2D eigenvalue weighted by Gasteiger charge is 1.94. The molecule has 3 heteroatoms. The maximum Gasteiger partial charge on any atom is 0.114 e. The molecule has 0 spiro atoms. The van der Waals surface area contributed by atoms with Gasteiger partial charge in [0.2, 0.25) is 0 Å². The van der Waals surface area contributed by atoms with E-state index < -0.39 is 0 Å². The van der Waals surface area contributed by atoms with Gasteiger partial charge in [0.25, 0.3) is 0 Å². The van der Waals surface area contributed by atoms with Crippen molar-refractivity contribution in [3.05, 3.63) is 7.05 Å². The van der Waals surface area contributed by atoms with Gasteiger partial charge in [0, 0.05) is 0 Å². The fourth-order valence-electron chi connectivity index (χ4n) is 0.277. The molecule has 0 amide bonds. The van der Waals surface area contributed by atoms with Crippen LogP contribution in [0.4, 0.5) is 0 Å². The second kappa shape index (κ2) is 1.26. The third-order valence-corrected chi connectivity index (χ3v) is 0.509. The van der Waals surface area contributed by atoms with Crippen molar-refractivity contribution in [2.75, 3.05) is 6.61 Å². The summed E-state index contributed by atoms with van der Waals surface area (Å²) < 4.78 is 0. The molecule has 1 rings (SSSR count). The number of nitrogens with zero attached hydrogens (tertiary/aromatic N) is 2. The predicted octanol–water partition coefficient (Wildman–Crippen LogP) is 0.0110. The van der Waals surface area contributed by atoms with E-state index in [1.165, 1.54) is 5.17 Å². The van der Waals surface area contributed by atoms with E-state index in [1.807, 2.05) is 0 Å². The second-order valence-electron chi connectivity index (χ2n) is 0.946. The zero-order chi connectivity index (χ0) is 4.41. The van der Waals surface area contributed by atoms with E-state index in [0.29, 0.717) is 6.61 Å². The topological polar surface area (TPSA) is 24.8 Å². The summed E-state index contributed by atoms with van der Waals surface area (Å²) in [5.41, 5.74) is 0. The molecule has 1 aliphatic rings. The van der Waals surface area contributed by atoms with Crippen LogP contribution in [-0.2, 0) is 4.84 Å². The molecule has 1 aliphatic heterocycles. The van der Waals surface area contributed by atoms with Gasteiger partial charge >= 0.3 is 0 Å². The molecule has 0 unspecified atom stereocenters. The van der Waals surface area contributed by atoms with Crippen LogP contribution in [-0.4, -0.2) is 18.0 Å². The largest absolute Gasteiger partial charge is 0.251 e. The maximum absolute atomic E-state index is 4.65. The number of hydrazone groups is 1. The van der Waals surface area contributed by atoms with Gasteiger partial charge in [-0.3, -0.25) is 4.84 Å². The van der Waals surface area contributed by atoms with Crippen molar-refractivity contribution in [2.24, 2.45) is 5.10 Å². The monoisotopic (exact) mass is 85.0 g/mol. The van der Waals surface area contributed by atoms with Crippen molar-refractivity contribution in [3.8, 4) is 0 Å². The Morgan fingerprint density at radius 2 is 2.83 bits per heavy atom. The van der Waals surface area contributed by atoms with Crippen molar-refractivity contribution >= 4 is 6.21 Å². The summed E-state index contributed by atoms with van der Waals surface area (Å²) >= 11 is 0. The molecule has 0 saturated carbocycles. The maximum atomic E-state index is 4.65. The molecule has 1 radical (unpaired) electrons. The minimum Gasteiger partial charge on any atom is -0.251 e. The first-order valence-corrected chi connectivity index (χ1v) is 1.65. The molecule has 0 saturated heterocycles. The van der Waals surface area contributed by atoms with Crippen molar-refractivity contribution in [3.63, 3.8) is 0 Å². The molecule has 33 valence electrons. The molecule has 0 atom stereocenters. The minimum absolute atomic E-state index is 0.559. The van der Waals surface area contributed by atoms with E-state index >= 15 is 0 Å². The molecule has 1 heterocycles. The van der Waals surface area contributed by atoms with Gasteiger partial charge in [-0.1, -0.05) is 0 Å². The molecule has 0 bridgehead atoms. The fourth-order valence-corrected chi connectivity index (χ4v) is 0.277. The Hall–Kier alpha value is -0.570. The Morgan fingerprint density at radius 3 is 3.00 bits per heavy atom. The first kappa shape index (κ1) is 3.61. The van der Waals surface area contributed by atoms with Crippen LogP contribution in [0.2, 0.25) is 0 Å². The Bertz CT molecular complexity index is 71.2. The van der Waals surface area contributed by atoms with Gasteiger partial charge in [0.15, 0.2) is 0 Å². The number of hydrogen-bond donors (Lipinski definition) is 0. The second-order valence-corrected chi connectivity index (χ2v) is 0.946. The Kier molecular flexibility index (Phi) is 0.759. The highest BCUT2D eigenvalue weighted by Crippen LogP contribution is 1.90. The van der Waals surface area contributed by atoms with E-state index in [-0.39, 0.29) is 0 Å². The van der Waals surface area contributed by atoms with E-state index in [4.69, 9.17) is 0 Å². The lowest BCUT2D eigenvalue weighted by Crippen LogP contribution is -2.00. The van der Waals surface area contributed by atoms with Crippen molar-refractivity contribution in [1.82, 2.24) is 5.17 Å². The zero-order valence-electron chi connectivity index (χ0n) is 3.29. The predicted molar refractivity (Wildman–Crippen MR) is 21.6 cm³/mol. The van der Waals surface area contributed by atoms with Crippen LogP contribution < -0.4 is 0 Å². The van der Waals surface area contributed by atoms with Gasteiger partial charge < -0.3 is 0 Å². The Balaban J connectivity index is 2.38. The summed E-state index contributed by atoms with van der Waals surface area (Å²) in [6.45, 7) is 0.559. The van der Waals surface area contributed by atoms with Crippen LogP contribution in [0.5, 0.6) is 0 Å². The first-order chi connectivity index (χ1) is 2.89. The van der Waals surface area contributed by atoms with Gasteiger partial charge in [-0.15, -0.1) is 0 Å². The standard InChI is InChI=1S/C3H5N2O/c1-5-4-2-3-6-5/h2H,1,3H2. The normalized spacial score (nSPS) is 19.8. The number of hydrogen-bond acceptors (Lipinski definition) is 3. The SMILES string of the molecule is [CH2]N1N=CCO1. The summed E-state index contributed by atoms with van der Waals surface area (Å²) in [5.74, 6) is 0. The summed E-state index contributed by atoms with van der Waals surface area (Å²) in [7, 11) is 3.35. The molecule has 0 aliphatic carbocycles. The summed E-state index contributed by atoms with van der Waals surface area (Å²) in [4.78, 5) is 4.65. The van der Waals surface area contributed by atoms with Crippen LogP contribution in [0.15, 0.2) is 5.10 Å². The molecular formula is C3H5N2O. The molecule has 3 nitrogen and oxygen atoms in total. The van der Waals surface area contributed by atoms with Gasteiger partial charge in [-0.25, -0.2) is 0 Å². The van der Waals surface area contributed by atoms with E-state index in [9.17, 15) is 0 Å². The highest BCUT2D eigenvalue weighted by atomic mass is 16.7. The van der Waals surface area contributed by atoms with E-state index in [0.717, 1.165) is 0 Å². The first-order valence-electron chi connectivity index (χ1n) is 1.65. The smallest absolute Gasteiger partial charge is 0.114 e. The molecule has 0 aromatic rings. The van der Waals surface area contributed by atoms with Crippen LogP contribution in [0, 0.1) is 7.05 Å². The third-order valence-electron chi connectivity index (χ3n) is 0.509. The molecule has 0 fully saturated rings. The highest BCUT2D eigenvalue weighted by molar-refractivity contribution is 5.58. The van der Waals surface area contributed by atoms with Crippen LogP contribution in [0.25, 0.3) is 0 Å². The van der Waals surface area contributed by atoms with Crippen molar-refractivity contribution in [2.45, 2.75) is 0 Å². The summed E-state index contributed by atoms with van der Waals surface area (Å²) in [6, 6.07) is 0. The van der Waals surface area contributed by atoms with Crippen LogP contribution >= 0.6 is 0 Å². The Morgan fingerprint density at radius 1 is 2.00 bits per heavy atom. The zero-order valence-corrected chi connectivity index (χ0v) is 3.29. The van der Waals surface area contributed by atoms with Crippen LogP contribution in [0.3, 0.4) is 0 Å². The molecule has 0 aromatic heterocycles. The minimum atomic E-state index is 0.559. The fraction of sp³-hybridized carbons (Fsp3) is 0.333. The van der Waals surface area contributed by atoms with Gasteiger partial charge in [-0.05, 0) is 0 Å². The van der Waals surface area contributed by atoms with E-state index in [2.05, 4.69) is 17.0 Å². The van der Waals surface area contributed by atoms with Crippen molar-refractivity contribution < 1.29 is 4.84 Å². The van der Waals surface area contributed by atoms with Crippen molar-refractivity contribution in [1.29, 1.82) is 0 Å². The number of rotatable bonds is 0. The summed E-state index contributed by atoms with van der Waals surface area (Å²) in [6.07, 6.45) is 1.65. The lowest BCUT2D eigenvalue weighted by Gasteiger charge is -1.99. The molecule has 0 aromatic carbocycles. The molecule has 0 N–H and O–H groups in total. The third kappa shape index (κ3) is 0.490. The molecule has 6 heavy (non-hydrogen) atoms. The van der Waals surface area contributed by atoms with Crippen LogP contribution in [0.1, 0.15) is 0 Å². The lowest BCUT2D eigenvalue weighted by atomic mass is 10.8. The molecular weight excluding hydrogens is 80.0 g/mol. The quantitative estimate of drug-likeness (QED) is 0.414.